The van der Waals surface area contributed by atoms with Crippen LogP contribution in [-0.4, -0.2) is 31.2 Å². The van der Waals surface area contributed by atoms with Crippen LogP contribution in [0.15, 0.2) is 0 Å². The van der Waals surface area contributed by atoms with Crippen LogP contribution in [0, 0.1) is 11.8 Å². The molecule has 0 aliphatic heterocycles. The third-order valence-corrected chi connectivity index (χ3v) is 2.59. The van der Waals surface area contributed by atoms with Crippen LogP contribution in [0.1, 0.15) is 47.0 Å². The number of hydrogen-bond donors (Lipinski definition) is 1. The number of nitrogens with two attached hydrogens (primary N) is 1. The normalized spacial score (nSPS) is 11.9. The second-order valence-electron chi connectivity index (χ2n) is 5.56. The molecule has 6 heteroatoms. The first-order valence-electron chi connectivity index (χ1n) is 6.90. The van der Waals surface area contributed by atoms with E-state index in [1.807, 2.05) is 27.7 Å². The van der Waals surface area contributed by atoms with E-state index in [2.05, 4.69) is 0 Å². The van der Waals surface area contributed by atoms with E-state index in [1.54, 1.807) is 0 Å². The summed E-state index contributed by atoms with van der Waals surface area (Å²) in [7, 11) is 0. The monoisotopic (exact) mass is 309 g/mol. The number of carbonyl (C=O) groups is 2. The van der Waals surface area contributed by atoms with Gasteiger partial charge in [0, 0.05) is 0 Å². The number of rotatable bonds is 9. The van der Waals surface area contributed by atoms with Gasteiger partial charge in [0.15, 0.2) is 0 Å². The van der Waals surface area contributed by atoms with Crippen molar-refractivity contribution in [1.29, 1.82) is 0 Å². The highest BCUT2D eigenvalue weighted by molar-refractivity contribution is 5.85. The summed E-state index contributed by atoms with van der Waals surface area (Å²) in [5.74, 6) is -0.0529. The van der Waals surface area contributed by atoms with Gasteiger partial charge in [-0.3, -0.25) is 9.59 Å². The molecule has 2 N–H and O–H groups in total. The Morgan fingerprint density at radius 2 is 1.40 bits per heavy atom. The molecule has 0 fully saturated rings. The Labute approximate surface area is 128 Å². The maximum Gasteiger partial charge on any atom is 0.323 e. The fourth-order valence-electron chi connectivity index (χ4n) is 1.23. The molecular weight excluding hydrogens is 282 g/mol. The first-order valence-corrected chi connectivity index (χ1v) is 6.90. The lowest BCUT2D eigenvalue weighted by atomic mass is 10.1. The van der Waals surface area contributed by atoms with Crippen molar-refractivity contribution >= 4 is 24.3 Å². The molecule has 5 nitrogen and oxygen atoms in total. The number of esters is 2. The predicted octanol–water partition coefficient (Wildman–Crippen LogP) is 2.30. The van der Waals surface area contributed by atoms with Crippen molar-refractivity contribution in [1.82, 2.24) is 0 Å². The Kier molecular flexibility index (Phi) is 12.9. The van der Waals surface area contributed by atoms with Gasteiger partial charge >= 0.3 is 11.9 Å². The number of carbonyl (C=O) groups excluding carboxylic acids is 2. The van der Waals surface area contributed by atoms with E-state index in [9.17, 15) is 9.59 Å². The molecule has 0 rings (SSSR count). The van der Waals surface area contributed by atoms with Crippen molar-refractivity contribution in [2.24, 2.45) is 17.6 Å². The Hall–Kier alpha value is -0.810. The first-order chi connectivity index (χ1) is 8.82. The minimum atomic E-state index is -0.932. The Morgan fingerprint density at radius 1 is 0.950 bits per heavy atom. The van der Waals surface area contributed by atoms with E-state index in [4.69, 9.17) is 15.2 Å². The molecule has 0 aromatic rings. The summed E-state index contributed by atoms with van der Waals surface area (Å²) in [6, 6.07) is -0.932. The van der Waals surface area contributed by atoms with Crippen LogP contribution >= 0.6 is 12.4 Å². The lowest BCUT2D eigenvalue weighted by molar-refractivity contribution is -0.152. The van der Waals surface area contributed by atoms with Gasteiger partial charge < -0.3 is 15.2 Å². The summed E-state index contributed by atoms with van der Waals surface area (Å²) < 4.78 is 9.98. The molecule has 0 bridgehead atoms. The topological polar surface area (TPSA) is 78.6 Å². The van der Waals surface area contributed by atoms with Crippen LogP contribution in [0.4, 0.5) is 0 Å². The van der Waals surface area contributed by atoms with E-state index >= 15 is 0 Å². The minimum absolute atomic E-state index is 0. The second kappa shape index (κ2) is 12.0. The average molecular weight is 310 g/mol. The summed E-state index contributed by atoms with van der Waals surface area (Å²) >= 11 is 0. The number of hydrogen-bond acceptors (Lipinski definition) is 5. The SMILES string of the molecule is CC(C)CCOC(=O)C[C@H](N)C(=O)OCCC(C)C.Cl. The fourth-order valence-corrected chi connectivity index (χ4v) is 1.23. The van der Waals surface area contributed by atoms with Crippen molar-refractivity contribution in [3.63, 3.8) is 0 Å². The zero-order chi connectivity index (χ0) is 14.8. The van der Waals surface area contributed by atoms with Crippen LogP contribution in [0.25, 0.3) is 0 Å². The lowest BCUT2D eigenvalue weighted by Crippen LogP contribution is -2.35. The number of ether oxygens (including phenoxy) is 2. The van der Waals surface area contributed by atoms with Gasteiger partial charge in [-0.1, -0.05) is 27.7 Å². The predicted molar refractivity (Wildman–Crippen MR) is 80.7 cm³/mol. The highest BCUT2D eigenvalue weighted by Crippen LogP contribution is 2.03. The molecule has 120 valence electrons. The molecular formula is C14H28ClNO4. The molecule has 0 saturated heterocycles. The standard InChI is InChI=1S/C14H27NO4.ClH/c1-10(2)5-7-18-13(16)9-12(15)14(17)19-8-6-11(3)4;/h10-12H,5-9,15H2,1-4H3;1H/t12-;/m0./s1. The van der Waals surface area contributed by atoms with Gasteiger partial charge in [0.05, 0.1) is 19.6 Å². The quantitative estimate of drug-likeness (QED) is 0.661. The van der Waals surface area contributed by atoms with Crippen LogP contribution in [0.5, 0.6) is 0 Å². The van der Waals surface area contributed by atoms with E-state index in [0.717, 1.165) is 12.8 Å². The number of halogens is 1. The third-order valence-electron chi connectivity index (χ3n) is 2.59. The van der Waals surface area contributed by atoms with Crippen LogP contribution in [0.3, 0.4) is 0 Å². The maximum absolute atomic E-state index is 11.5. The molecule has 0 spiro atoms. The smallest absolute Gasteiger partial charge is 0.323 e. The van der Waals surface area contributed by atoms with Gasteiger partial charge in [0.25, 0.3) is 0 Å². The van der Waals surface area contributed by atoms with Gasteiger partial charge in [-0.2, -0.15) is 0 Å². The molecule has 0 aliphatic carbocycles. The van der Waals surface area contributed by atoms with E-state index < -0.39 is 18.0 Å². The van der Waals surface area contributed by atoms with Gasteiger partial charge in [-0.25, -0.2) is 0 Å². The molecule has 0 saturated carbocycles. The van der Waals surface area contributed by atoms with Gasteiger partial charge in [0.2, 0.25) is 0 Å². The highest BCUT2D eigenvalue weighted by atomic mass is 35.5. The fraction of sp³-hybridized carbons (Fsp3) is 0.857. The van der Waals surface area contributed by atoms with Crippen LogP contribution in [0.2, 0.25) is 0 Å². The van der Waals surface area contributed by atoms with Crippen LogP contribution in [-0.2, 0) is 19.1 Å². The zero-order valence-electron chi connectivity index (χ0n) is 12.9. The van der Waals surface area contributed by atoms with Crippen molar-refractivity contribution < 1.29 is 19.1 Å². The van der Waals surface area contributed by atoms with Crippen LogP contribution < -0.4 is 5.73 Å². The summed E-state index contributed by atoms with van der Waals surface area (Å²) in [4.78, 5) is 22.9. The highest BCUT2D eigenvalue weighted by Gasteiger charge is 2.19. The molecule has 0 aromatic heterocycles. The second-order valence-corrected chi connectivity index (χ2v) is 5.56. The Bertz CT molecular complexity index is 282. The molecule has 0 amide bonds. The summed E-state index contributed by atoms with van der Waals surface area (Å²) in [6.07, 6.45) is 1.47. The molecule has 1 atom stereocenters. The van der Waals surface area contributed by atoms with Gasteiger partial charge in [-0.15, -0.1) is 12.4 Å². The van der Waals surface area contributed by atoms with Gasteiger partial charge in [0.1, 0.15) is 6.04 Å². The Balaban J connectivity index is 0. The molecule has 0 heterocycles. The Morgan fingerprint density at radius 3 is 1.85 bits per heavy atom. The first kappa shape index (κ1) is 21.5. The lowest BCUT2D eigenvalue weighted by Gasteiger charge is -2.12. The molecule has 0 unspecified atom stereocenters. The van der Waals surface area contributed by atoms with E-state index in [0.29, 0.717) is 25.0 Å². The summed E-state index contributed by atoms with van der Waals surface area (Å²) in [6.45, 7) is 8.88. The molecule has 0 aliphatic rings. The average Bonchev–Trinajstić information content (AvgIpc) is 2.27. The molecule has 20 heavy (non-hydrogen) atoms. The largest absolute Gasteiger partial charge is 0.466 e. The van der Waals surface area contributed by atoms with E-state index in [1.165, 1.54) is 0 Å². The van der Waals surface area contributed by atoms with Crippen molar-refractivity contribution in [2.45, 2.75) is 53.0 Å². The molecule has 0 aromatic carbocycles. The zero-order valence-corrected chi connectivity index (χ0v) is 13.7. The molecule has 0 radical (unpaired) electrons. The van der Waals surface area contributed by atoms with E-state index in [-0.39, 0.29) is 18.8 Å². The minimum Gasteiger partial charge on any atom is -0.466 e. The van der Waals surface area contributed by atoms with Crippen molar-refractivity contribution in [3.8, 4) is 0 Å². The summed E-state index contributed by atoms with van der Waals surface area (Å²) in [5, 5.41) is 0. The van der Waals surface area contributed by atoms with Crippen molar-refractivity contribution in [3.05, 3.63) is 0 Å². The maximum atomic E-state index is 11.5. The van der Waals surface area contributed by atoms with Crippen molar-refractivity contribution in [2.75, 3.05) is 13.2 Å². The van der Waals surface area contributed by atoms with Gasteiger partial charge in [-0.05, 0) is 24.7 Å². The summed E-state index contributed by atoms with van der Waals surface area (Å²) in [5.41, 5.74) is 5.59. The third kappa shape index (κ3) is 12.2.